The van der Waals surface area contributed by atoms with Crippen molar-refractivity contribution < 1.29 is 19.3 Å². The Balaban J connectivity index is 3.13. The first kappa shape index (κ1) is 19.8. The number of nitrogens with one attached hydrogen (secondary N) is 1. The van der Waals surface area contributed by atoms with Crippen LogP contribution >= 0.6 is 0 Å². The van der Waals surface area contributed by atoms with Gasteiger partial charge >= 0.3 is 0 Å². The first-order valence-corrected chi connectivity index (χ1v) is 7.79. The van der Waals surface area contributed by atoms with Crippen LogP contribution in [-0.2, 0) is 14.2 Å². The minimum Gasteiger partial charge on any atom is -0.395 e. The molecule has 0 spiro atoms. The Hall–Kier alpha value is -0.200. The van der Waals surface area contributed by atoms with E-state index in [1.54, 1.807) is 0 Å². The Morgan fingerprint density at radius 3 is 1.95 bits per heavy atom. The lowest BCUT2D eigenvalue weighted by molar-refractivity contribution is 0.0140. The van der Waals surface area contributed by atoms with Gasteiger partial charge in [0, 0.05) is 19.2 Å². The molecule has 0 bridgehead atoms. The maximum Gasteiger partial charge on any atom is 0.0701 e. The van der Waals surface area contributed by atoms with Crippen LogP contribution in [0.1, 0.15) is 33.6 Å². The van der Waals surface area contributed by atoms with Crippen molar-refractivity contribution in [1.82, 2.24) is 5.32 Å². The van der Waals surface area contributed by atoms with Gasteiger partial charge in [-0.25, -0.2) is 0 Å². The predicted octanol–water partition coefficient (Wildman–Crippen LogP) is 1.44. The molecule has 122 valence electrons. The highest BCUT2D eigenvalue weighted by Gasteiger charge is 2.09. The van der Waals surface area contributed by atoms with E-state index in [1.807, 2.05) is 0 Å². The molecule has 20 heavy (non-hydrogen) atoms. The summed E-state index contributed by atoms with van der Waals surface area (Å²) in [5, 5.41) is 12.4. The van der Waals surface area contributed by atoms with E-state index >= 15 is 0 Å². The van der Waals surface area contributed by atoms with Crippen LogP contribution in [0.15, 0.2) is 0 Å². The summed E-state index contributed by atoms with van der Waals surface area (Å²) < 4.78 is 16.2. The third-order valence-corrected chi connectivity index (χ3v) is 3.04. The van der Waals surface area contributed by atoms with E-state index in [9.17, 15) is 0 Å². The van der Waals surface area contributed by atoms with E-state index < -0.39 is 0 Å². The van der Waals surface area contributed by atoms with Crippen LogP contribution in [0.3, 0.4) is 0 Å². The second kappa shape index (κ2) is 15.2. The number of ether oxygens (including phenoxy) is 3. The summed E-state index contributed by atoms with van der Waals surface area (Å²) in [4.78, 5) is 0. The minimum absolute atomic E-state index is 0.148. The van der Waals surface area contributed by atoms with E-state index in [1.165, 1.54) is 0 Å². The van der Waals surface area contributed by atoms with Crippen LogP contribution in [0.25, 0.3) is 0 Å². The van der Waals surface area contributed by atoms with Crippen molar-refractivity contribution in [2.24, 2.45) is 5.92 Å². The lowest BCUT2D eigenvalue weighted by atomic mass is 10.1. The Morgan fingerprint density at radius 2 is 1.45 bits per heavy atom. The van der Waals surface area contributed by atoms with Gasteiger partial charge in [-0.1, -0.05) is 27.2 Å². The number of hydrogen-bond acceptors (Lipinski definition) is 5. The number of unbranched alkanes of at least 4 members (excludes halogenated alkanes) is 1. The highest BCUT2D eigenvalue weighted by molar-refractivity contribution is 4.68. The molecular formula is C15H33NO4. The summed E-state index contributed by atoms with van der Waals surface area (Å²) >= 11 is 0. The maximum atomic E-state index is 9.14. The topological polar surface area (TPSA) is 60.0 Å². The van der Waals surface area contributed by atoms with Gasteiger partial charge in [-0.15, -0.1) is 0 Å². The zero-order valence-electron chi connectivity index (χ0n) is 13.4. The Kier molecular flexibility index (Phi) is 15.0. The highest BCUT2D eigenvalue weighted by Crippen LogP contribution is 1.99. The monoisotopic (exact) mass is 291 g/mol. The molecule has 0 aromatic carbocycles. The molecule has 0 aliphatic carbocycles. The highest BCUT2D eigenvalue weighted by atomic mass is 16.5. The first-order valence-electron chi connectivity index (χ1n) is 7.79. The Bertz CT molecular complexity index is 191. The molecule has 1 atom stereocenters. The van der Waals surface area contributed by atoms with Crippen LogP contribution < -0.4 is 5.32 Å². The molecule has 0 rings (SSSR count). The second-order valence-electron chi connectivity index (χ2n) is 5.18. The smallest absolute Gasteiger partial charge is 0.0701 e. The van der Waals surface area contributed by atoms with E-state index in [4.69, 9.17) is 19.3 Å². The van der Waals surface area contributed by atoms with Crippen LogP contribution in [0.2, 0.25) is 0 Å². The quantitative estimate of drug-likeness (QED) is 0.447. The third kappa shape index (κ3) is 12.8. The summed E-state index contributed by atoms with van der Waals surface area (Å²) in [5.41, 5.74) is 0. The Labute approximate surface area is 124 Å². The average molecular weight is 291 g/mol. The number of rotatable bonds is 15. The molecule has 5 nitrogen and oxygen atoms in total. The summed E-state index contributed by atoms with van der Waals surface area (Å²) in [6.07, 6.45) is 2.28. The predicted molar refractivity (Wildman–Crippen MR) is 81.1 cm³/mol. The molecule has 0 radical (unpaired) electrons. The van der Waals surface area contributed by atoms with Crippen LogP contribution in [-0.4, -0.2) is 63.9 Å². The van der Waals surface area contributed by atoms with Gasteiger partial charge in [-0.2, -0.15) is 0 Å². The summed E-state index contributed by atoms with van der Waals surface area (Å²) in [7, 11) is 0. The van der Waals surface area contributed by atoms with Crippen molar-refractivity contribution in [2.45, 2.75) is 39.7 Å². The van der Waals surface area contributed by atoms with Gasteiger partial charge in [-0.05, 0) is 12.3 Å². The van der Waals surface area contributed by atoms with Crippen molar-refractivity contribution in [3.63, 3.8) is 0 Å². The number of aliphatic hydroxyl groups excluding tert-OH is 1. The zero-order valence-corrected chi connectivity index (χ0v) is 13.4. The van der Waals surface area contributed by atoms with Crippen molar-refractivity contribution in [3.05, 3.63) is 0 Å². The summed E-state index contributed by atoms with van der Waals surface area (Å²) in [6, 6.07) is 0.148. The number of aliphatic hydroxyl groups is 1. The molecule has 0 amide bonds. The van der Waals surface area contributed by atoms with Gasteiger partial charge in [0.15, 0.2) is 0 Å². The van der Waals surface area contributed by atoms with Gasteiger partial charge in [0.05, 0.1) is 39.6 Å². The maximum absolute atomic E-state index is 9.14. The molecule has 2 N–H and O–H groups in total. The van der Waals surface area contributed by atoms with Crippen LogP contribution in [0, 0.1) is 5.92 Å². The van der Waals surface area contributed by atoms with Crippen molar-refractivity contribution in [3.8, 4) is 0 Å². The Morgan fingerprint density at radius 1 is 0.900 bits per heavy atom. The van der Waals surface area contributed by atoms with Crippen molar-refractivity contribution >= 4 is 0 Å². The lowest BCUT2D eigenvalue weighted by Crippen LogP contribution is -2.39. The molecule has 0 saturated carbocycles. The van der Waals surface area contributed by atoms with Crippen molar-refractivity contribution in [1.29, 1.82) is 0 Å². The van der Waals surface area contributed by atoms with Gasteiger partial charge < -0.3 is 24.6 Å². The molecule has 0 saturated heterocycles. The molecule has 0 fully saturated rings. The van der Waals surface area contributed by atoms with Crippen LogP contribution in [0.4, 0.5) is 0 Å². The SMILES string of the molecule is CCCCOCCOCCOCCNC(CO)C(C)C. The molecule has 0 heterocycles. The largest absolute Gasteiger partial charge is 0.395 e. The molecule has 0 aromatic rings. The molecule has 0 aliphatic heterocycles. The fraction of sp³-hybridized carbons (Fsp3) is 1.00. The van der Waals surface area contributed by atoms with Gasteiger partial charge in [0.1, 0.15) is 0 Å². The van der Waals surface area contributed by atoms with E-state index in [0.29, 0.717) is 39.0 Å². The van der Waals surface area contributed by atoms with Gasteiger partial charge in [-0.3, -0.25) is 0 Å². The molecule has 0 aromatic heterocycles. The summed E-state index contributed by atoms with van der Waals surface area (Å²) in [6.45, 7) is 11.2. The molecular weight excluding hydrogens is 258 g/mol. The van der Waals surface area contributed by atoms with E-state index in [0.717, 1.165) is 26.0 Å². The average Bonchev–Trinajstić information content (AvgIpc) is 2.43. The minimum atomic E-state index is 0.148. The molecule has 1 unspecified atom stereocenters. The van der Waals surface area contributed by atoms with Crippen molar-refractivity contribution in [2.75, 3.05) is 52.8 Å². The third-order valence-electron chi connectivity index (χ3n) is 3.04. The normalized spacial score (nSPS) is 13.1. The van der Waals surface area contributed by atoms with Gasteiger partial charge in [0.25, 0.3) is 0 Å². The summed E-state index contributed by atoms with van der Waals surface area (Å²) in [5.74, 6) is 0.427. The lowest BCUT2D eigenvalue weighted by Gasteiger charge is -2.19. The van der Waals surface area contributed by atoms with Gasteiger partial charge in [0.2, 0.25) is 0 Å². The standard InChI is InChI=1S/C15H33NO4/c1-4-5-7-18-9-11-20-12-10-19-8-6-16-15(13-17)14(2)3/h14-17H,4-13H2,1-3H3. The first-order chi connectivity index (χ1) is 9.72. The molecule has 0 aliphatic rings. The zero-order chi connectivity index (χ0) is 15.1. The fourth-order valence-electron chi connectivity index (χ4n) is 1.62. The van der Waals surface area contributed by atoms with Crippen LogP contribution in [0.5, 0.6) is 0 Å². The number of hydrogen-bond donors (Lipinski definition) is 2. The molecule has 5 heteroatoms. The second-order valence-corrected chi connectivity index (χ2v) is 5.18. The van der Waals surface area contributed by atoms with E-state index in [2.05, 4.69) is 26.1 Å². The van der Waals surface area contributed by atoms with E-state index in [-0.39, 0.29) is 12.6 Å². The fourth-order valence-corrected chi connectivity index (χ4v) is 1.62.